The van der Waals surface area contributed by atoms with E-state index in [1.165, 1.54) is 0 Å². The highest BCUT2D eigenvalue weighted by Crippen LogP contribution is 2.36. The van der Waals surface area contributed by atoms with E-state index in [2.05, 4.69) is 6.58 Å². The molecule has 29 heavy (non-hydrogen) atoms. The van der Waals surface area contributed by atoms with Crippen molar-refractivity contribution in [2.45, 2.75) is 96.3 Å². The Balaban J connectivity index is 0.000000211. The van der Waals surface area contributed by atoms with Gasteiger partial charge in [-0.05, 0) is 34.1 Å². The van der Waals surface area contributed by atoms with Crippen molar-refractivity contribution in [1.29, 1.82) is 0 Å². The highest BCUT2D eigenvalue weighted by Gasteiger charge is 2.49. The molecule has 3 fully saturated rings. The maximum Gasteiger partial charge on any atom is 0.163 e. The number of ether oxygens (including phenoxy) is 5. The minimum atomic E-state index is -0.723. The van der Waals surface area contributed by atoms with E-state index in [4.69, 9.17) is 23.7 Å². The van der Waals surface area contributed by atoms with E-state index < -0.39 is 24.0 Å². The molecule has 0 spiro atoms. The lowest BCUT2D eigenvalue weighted by atomic mass is 9.92. The third-order valence-electron chi connectivity index (χ3n) is 5.56. The Morgan fingerprint density at radius 2 is 1.72 bits per heavy atom. The van der Waals surface area contributed by atoms with Crippen LogP contribution in [0.2, 0.25) is 0 Å². The summed E-state index contributed by atoms with van der Waals surface area (Å²) in [6.07, 6.45) is 0.217. The lowest BCUT2D eigenvalue weighted by Crippen LogP contribution is -2.46. The summed E-state index contributed by atoms with van der Waals surface area (Å²) in [5, 5.41) is 28.5. The molecule has 0 aromatic heterocycles. The van der Waals surface area contributed by atoms with Gasteiger partial charge in [-0.3, -0.25) is 0 Å². The fraction of sp³-hybridized carbons (Fsp3) is 0.905. The fourth-order valence-corrected chi connectivity index (χ4v) is 4.00. The first-order chi connectivity index (χ1) is 13.4. The maximum atomic E-state index is 9.87. The van der Waals surface area contributed by atoms with Crippen molar-refractivity contribution in [2.75, 3.05) is 13.2 Å². The SMILES string of the molecule is C=CC[C@H](O)[C@H](C)[C@H]1OC(C)(C)O[C@H]1CO.C[C@H]1C(O)OC[C@@H]2OC(C)(C)OC12. The van der Waals surface area contributed by atoms with Crippen LogP contribution >= 0.6 is 0 Å². The first kappa shape index (κ1) is 24.7. The zero-order valence-corrected chi connectivity index (χ0v) is 18.4. The third-order valence-corrected chi connectivity index (χ3v) is 5.56. The third kappa shape index (κ3) is 6.21. The molecule has 2 unspecified atom stereocenters. The molecule has 8 nitrogen and oxygen atoms in total. The Hall–Kier alpha value is -0.580. The second-order valence-corrected chi connectivity index (χ2v) is 8.99. The Kier molecular flexibility index (Phi) is 8.26. The molecule has 3 aliphatic heterocycles. The van der Waals surface area contributed by atoms with Crippen LogP contribution in [-0.2, 0) is 23.7 Å². The quantitative estimate of drug-likeness (QED) is 0.578. The highest BCUT2D eigenvalue weighted by molar-refractivity contribution is 4.90. The molecule has 3 N–H and O–H groups in total. The van der Waals surface area contributed by atoms with Gasteiger partial charge in [-0.1, -0.05) is 19.9 Å². The summed E-state index contributed by atoms with van der Waals surface area (Å²) in [5.41, 5.74) is 0. The van der Waals surface area contributed by atoms with Crippen molar-refractivity contribution in [1.82, 2.24) is 0 Å². The van der Waals surface area contributed by atoms with Gasteiger partial charge < -0.3 is 39.0 Å². The molecule has 3 saturated heterocycles. The Labute approximate surface area is 173 Å². The summed E-state index contributed by atoms with van der Waals surface area (Å²) in [4.78, 5) is 0. The molecule has 0 aliphatic carbocycles. The predicted molar refractivity (Wildman–Crippen MR) is 106 cm³/mol. The summed E-state index contributed by atoms with van der Waals surface area (Å²) >= 11 is 0. The van der Waals surface area contributed by atoms with Crippen molar-refractivity contribution in [3.05, 3.63) is 12.7 Å². The zero-order valence-electron chi connectivity index (χ0n) is 18.4. The first-order valence-corrected chi connectivity index (χ1v) is 10.3. The highest BCUT2D eigenvalue weighted by atomic mass is 16.8. The van der Waals surface area contributed by atoms with Crippen molar-refractivity contribution in [2.24, 2.45) is 11.8 Å². The van der Waals surface area contributed by atoms with Crippen LogP contribution < -0.4 is 0 Å². The normalized spacial score (nSPS) is 39.8. The van der Waals surface area contributed by atoms with E-state index in [0.717, 1.165) is 0 Å². The average molecular weight is 419 g/mol. The number of hydrogen-bond donors (Lipinski definition) is 3. The van der Waals surface area contributed by atoms with Gasteiger partial charge in [0.25, 0.3) is 0 Å². The molecular weight excluding hydrogens is 380 g/mol. The number of fused-ring (bicyclic) bond motifs is 1. The zero-order chi connectivity index (χ0) is 22.0. The minimum Gasteiger partial charge on any atom is -0.394 e. The predicted octanol–water partition coefficient (Wildman–Crippen LogP) is 1.56. The molecule has 0 saturated carbocycles. The van der Waals surface area contributed by atoms with Gasteiger partial charge in [0.1, 0.15) is 12.2 Å². The van der Waals surface area contributed by atoms with E-state index in [1.807, 2.05) is 41.5 Å². The molecule has 170 valence electrons. The van der Waals surface area contributed by atoms with Gasteiger partial charge in [-0.25, -0.2) is 0 Å². The van der Waals surface area contributed by atoms with Gasteiger partial charge in [0.05, 0.1) is 31.5 Å². The molecular formula is C21H38O8. The van der Waals surface area contributed by atoms with Gasteiger partial charge in [0.2, 0.25) is 0 Å². The average Bonchev–Trinajstić information content (AvgIpc) is 3.13. The van der Waals surface area contributed by atoms with Gasteiger partial charge >= 0.3 is 0 Å². The lowest BCUT2D eigenvalue weighted by molar-refractivity contribution is -0.199. The fourth-order valence-electron chi connectivity index (χ4n) is 4.00. The Morgan fingerprint density at radius 1 is 1.10 bits per heavy atom. The van der Waals surface area contributed by atoms with E-state index in [-0.39, 0.29) is 42.9 Å². The molecule has 8 atom stereocenters. The summed E-state index contributed by atoms with van der Waals surface area (Å²) in [5.74, 6) is -1.37. The standard InChI is InChI=1S/C12H22O4.C9H16O4/c1-5-6-9(14)8(2)11-10(7-13)15-12(3,4)16-11;1-5-7-6(4-11-8(5)10)12-9(2,3)13-7/h5,8-11,13-14H,1,6-7H2,2-4H3;5-8,10H,4H2,1-3H3/t8-,9-,10-,11+;5-,6+,7?,8?/m01/s1. The number of aliphatic hydroxyl groups excluding tert-OH is 3. The minimum absolute atomic E-state index is 0.0273. The molecule has 0 aromatic rings. The van der Waals surface area contributed by atoms with Crippen LogP contribution in [0.3, 0.4) is 0 Å². The molecule has 0 amide bonds. The maximum absolute atomic E-state index is 9.87. The Bertz CT molecular complexity index is 537. The topological polar surface area (TPSA) is 107 Å². The molecule has 3 heterocycles. The van der Waals surface area contributed by atoms with Crippen LogP contribution in [0.1, 0.15) is 48.0 Å². The van der Waals surface area contributed by atoms with Crippen molar-refractivity contribution >= 4 is 0 Å². The summed E-state index contributed by atoms with van der Waals surface area (Å²) in [6.45, 7) is 15.1. The van der Waals surface area contributed by atoms with Crippen molar-refractivity contribution in [3.8, 4) is 0 Å². The first-order valence-electron chi connectivity index (χ1n) is 10.3. The van der Waals surface area contributed by atoms with Gasteiger partial charge in [0, 0.05) is 11.8 Å². The van der Waals surface area contributed by atoms with Crippen molar-refractivity contribution in [3.63, 3.8) is 0 Å². The number of rotatable bonds is 5. The van der Waals surface area contributed by atoms with Crippen molar-refractivity contribution < 1.29 is 39.0 Å². The van der Waals surface area contributed by atoms with Crippen LogP contribution in [0, 0.1) is 11.8 Å². The summed E-state index contributed by atoms with van der Waals surface area (Å²) in [7, 11) is 0. The molecule has 0 radical (unpaired) electrons. The van der Waals surface area contributed by atoms with Crippen LogP contribution in [0.5, 0.6) is 0 Å². The van der Waals surface area contributed by atoms with Crippen LogP contribution in [0.15, 0.2) is 12.7 Å². The van der Waals surface area contributed by atoms with E-state index in [1.54, 1.807) is 6.08 Å². The monoisotopic (exact) mass is 418 g/mol. The van der Waals surface area contributed by atoms with Gasteiger partial charge in [-0.15, -0.1) is 6.58 Å². The molecule has 3 aliphatic rings. The largest absolute Gasteiger partial charge is 0.394 e. The number of aliphatic hydroxyl groups is 3. The lowest BCUT2D eigenvalue weighted by Gasteiger charge is -2.32. The summed E-state index contributed by atoms with van der Waals surface area (Å²) in [6, 6.07) is 0. The number of hydrogen-bond acceptors (Lipinski definition) is 8. The molecule has 0 aromatic carbocycles. The second kappa shape index (κ2) is 9.70. The molecule has 8 heteroatoms. The van der Waals surface area contributed by atoms with E-state index in [0.29, 0.717) is 13.0 Å². The molecule has 3 rings (SSSR count). The second-order valence-electron chi connectivity index (χ2n) is 8.99. The van der Waals surface area contributed by atoms with Crippen LogP contribution in [0.4, 0.5) is 0 Å². The Morgan fingerprint density at radius 3 is 2.31 bits per heavy atom. The van der Waals surface area contributed by atoms with E-state index >= 15 is 0 Å². The van der Waals surface area contributed by atoms with Crippen LogP contribution in [0.25, 0.3) is 0 Å². The van der Waals surface area contributed by atoms with Crippen LogP contribution in [-0.4, -0.2) is 76.9 Å². The van der Waals surface area contributed by atoms with Gasteiger partial charge in [0.15, 0.2) is 17.9 Å². The smallest absolute Gasteiger partial charge is 0.163 e. The summed E-state index contributed by atoms with van der Waals surface area (Å²) < 4.78 is 27.7. The molecule has 0 bridgehead atoms. The van der Waals surface area contributed by atoms with E-state index in [9.17, 15) is 15.3 Å². The van der Waals surface area contributed by atoms with Gasteiger partial charge in [-0.2, -0.15) is 0 Å².